The molecule has 0 bridgehead atoms. The second-order valence-corrected chi connectivity index (χ2v) is 2.99. The molecule has 1 atom stereocenters. The van der Waals surface area contributed by atoms with E-state index in [1.807, 2.05) is 0 Å². The van der Waals surface area contributed by atoms with Crippen LogP contribution in [-0.2, 0) is 29.1 Å². The molecule has 0 aromatic rings. The molecule has 0 saturated carbocycles. The predicted octanol–water partition coefficient (Wildman–Crippen LogP) is -0.770. The first kappa shape index (κ1) is 17.8. The van der Waals surface area contributed by atoms with Gasteiger partial charge >= 0.3 is 17.5 Å². The van der Waals surface area contributed by atoms with E-state index in [4.69, 9.17) is 10.2 Å². The van der Waals surface area contributed by atoms with Gasteiger partial charge in [0, 0.05) is 30.5 Å². The third kappa shape index (κ3) is 3.18. The number of hydrogen-bond donors (Lipinski definition) is 2. The minimum Gasteiger partial charge on any atom is -0.478 e. The van der Waals surface area contributed by atoms with Crippen molar-refractivity contribution in [2.24, 2.45) is 0 Å². The van der Waals surface area contributed by atoms with Crippen LogP contribution in [0.3, 0.4) is 0 Å². The minimum atomic E-state index is -2.24. The maximum Gasteiger partial charge on any atom is 0.387 e. The predicted molar refractivity (Wildman–Crippen MR) is 50.5 cm³/mol. The van der Waals surface area contributed by atoms with Crippen molar-refractivity contribution in [3.8, 4) is 0 Å². The van der Waals surface area contributed by atoms with Gasteiger partial charge in [0.15, 0.2) is 0 Å². The average molecular weight is 297 g/mol. The van der Waals surface area contributed by atoms with Crippen LogP contribution in [-0.4, -0.2) is 38.1 Å². The Balaban J connectivity index is 0. The van der Waals surface area contributed by atoms with E-state index in [2.05, 4.69) is 0 Å². The Labute approximate surface area is 108 Å². The summed E-state index contributed by atoms with van der Waals surface area (Å²) in [5, 5.41) is 27.9. The summed E-state index contributed by atoms with van der Waals surface area (Å²) in [4.78, 5) is 30.8. The summed E-state index contributed by atoms with van der Waals surface area (Å²) in [6.45, 7) is 0. The van der Waals surface area contributed by atoms with E-state index in [9.17, 15) is 19.7 Å². The molecule has 1 unspecified atom stereocenters. The molecule has 0 saturated heterocycles. The number of carboxylic acids is 2. The van der Waals surface area contributed by atoms with Crippen LogP contribution >= 0.6 is 0 Å². The Morgan fingerprint density at radius 2 is 1.94 bits per heavy atom. The molecule has 1 aliphatic carbocycles. The van der Waals surface area contributed by atoms with Gasteiger partial charge in [-0.15, -0.1) is 0 Å². The molecule has 17 heavy (non-hydrogen) atoms. The van der Waals surface area contributed by atoms with Crippen LogP contribution in [0.15, 0.2) is 23.8 Å². The number of carbonyl (C=O) groups is 2. The van der Waals surface area contributed by atoms with E-state index < -0.39 is 28.8 Å². The van der Waals surface area contributed by atoms with Crippen molar-refractivity contribution >= 4 is 11.9 Å². The molecule has 0 heterocycles. The molecule has 8 nitrogen and oxygen atoms in total. The van der Waals surface area contributed by atoms with Gasteiger partial charge < -0.3 is 15.7 Å². The first-order valence-electron chi connectivity index (χ1n) is 3.91. The molecular weight excluding hydrogens is 287 g/mol. The Morgan fingerprint density at radius 1 is 1.41 bits per heavy atom. The van der Waals surface area contributed by atoms with Gasteiger partial charge in [0.05, 0.1) is 12.0 Å². The quantitative estimate of drug-likeness (QED) is 0.396. The Kier molecular flexibility index (Phi) is 6.50. The summed E-state index contributed by atoms with van der Waals surface area (Å²) in [5.41, 5.74) is -2.38. The molecule has 1 rings (SSSR count). The van der Waals surface area contributed by atoms with E-state index in [0.717, 1.165) is 18.2 Å². The van der Waals surface area contributed by atoms with E-state index in [0.29, 0.717) is 0 Å². The monoisotopic (exact) mass is 295 g/mol. The van der Waals surface area contributed by atoms with Crippen molar-refractivity contribution in [3.05, 3.63) is 33.9 Å². The molecule has 0 aromatic heterocycles. The molecule has 90 valence electrons. The van der Waals surface area contributed by atoms with Crippen LogP contribution in [0.2, 0.25) is 0 Å². The van der Waals surface area contributed by atoms with Crippen molar-refractivity contribution in [1.29, 1.82) is 0 Å². The Bertz CT molecular complexity index is 387. The molecule has 1 aliphatic rings. The fourth-order valence-corrected chi connectivity index (χ4v) is 1.16. The largest absolute Gasteiger partial charge is 0.478 e. The molecular formula is C8H9NO7Zn. The minimum absolute atomic E-state index is 0. The van der Waals surface area contributed by atoms with E-state index in [1.165, 1.54) is 0 Å². The zero-order valence-corrected chi connectivity index (χ0v) is 11.6. The van der Waals surface area contributed by atoms with Crippen LogP contribution in [0.5, 0.6) is 0 Å². The topological polar surface area (TPSA) is 149 Å². The zero-order chi connectivity index (χ0) is 11.6. The van der Waals surface area contributed by atoms with Gasteiger partial charge in [0.2, 0.25) is 0 Å². The number of carboxylic acid groups (broad SMARTS) is 2. The number of nitro groups is 1. The molecule has 0 aliphatic heterocycles. The Morgan fingerprint density at radius 3 is 2.18 bits per heavy atom. The molecule has 0 aromatic carbocycles. The van der Waals surface area contributed by atoms with Crippen LogP contribution in [0, 0.1) is 10.1 Å². The summed E-state index contributed by atoms with van der Waals surface area (Å²) >= 11 is 0. The van der Waals surface area contributed by atoms with Crippen molar-refractivity contribution in [1.82, 2.24) is 0 Å². The van der Waals surface area contributed by atoms with Gasteiger partial charge in [-0.05, 0) is 6.08 Å². The SMILES string of the molecule is O.O=C(O)C1=CCC(C(=O)O)([N+](=O)[O-])C=C1.[Zn]. The number of aliphatic carboxylic acids is 2. The maximum absolute atomic E-state index is 10.7. The van der Waals surface area contributed by atoms with Gasteiger partial charge in [0.1, 0.15) is 0 Å². The molecule has 4 N–H and O–H groups in total. The standard InChI is InChI=1S/C8H7NO6.H2O.Zn/c10-6(11)5-1-3-8(4-2-5,7(12)13)9(14)15;;/h1-3H,4H2,(H,10,11)(H,12,13);1H2;. The van der Waals surface area contributed by atoms with Crippen LogP contribution in [0.25, 0.3) is 0 Å². The third-order valence-electron chi connectivity index (χ3n) is 2.11. The zero-order valence-electron chi connectivity index (χ0n) is 8.62. The summed E-state index contributed by atoms with van der Waals surface area (Å²) in [7, 11) is 0. The number of rotatable bonds is 3. The second kappa shape index (κ2) is 6.22. The van der Waals surface area contributed by atoms with Gasteiger partial charge in [-0.2, -0.15) is 0 Å². The molecule has 9 heteroatoms. The molecule has 0 radical (unpaired) electrons. The summed E-state index contributed by atoms with van der Waals surface area (Å²) in [6.07, 6.45) is 2.29. The fourth-order valence-electron chi connectivity index (χ4n) is 1.16. The average Bonchev–Trinajstić information content (AvgIpc) is 2.17. The van der Waals surface area contributed by atoms with E-state index in [1.54, 1.807) is 0 Å². The normalized spacial score (nSPS) is 21.5. The van der Waals surface area contributed by atoms with Gasteiger partial charge in [-0.25, -0.2) is 9.59 Å². The van der Waals surface area contributed by atoms with Crippen molar-refractivity contribution in [3.63, 3.8) is 0 Å². The molecule has 0 amide bonds. The van der Waals surface area contributed by atoms with Crippen molar-refractivity contribution in [2.45, 2.75) is 12.0 Å². The fraction of sp³-hybridized carbons (Fsp3) is 0.250. The van der Waals surface area contributed by atoms with Gasteiger partial charge in [-0.1, -0.05) is 6.08 Å². The summed E-state index contributed by atoms with van der Waals surface area (Å²) < 4.78 is 0. The second-order valence-electron chi connectivity index (χ2n) is 2.99. The smallest absolute Gasteiger partial charge is 0.387 e. The molecule has 0 fully saturated rings. The maximum atomic E-state index is 10.7. The number of hydrogen-bond acceptors (Lipinski definition) is 4. The van der Waals surface area contributed by atoms with Crippen molar-refractivity contribution < 1.29 is 49.7 Å². The van der Waals surface area contributed by atoms with Gasteiger partial charge in [0.25, 0.3) is 0 Å². The van der Waals surface area contributed by atoms with Crippen molar-refractivity contribution in [2.75, 3.05) is 0 Å². The van der Waals surface area contributed by atoms with Crippen LogP contribution in [0.4, 0.5) is 0 Å². The summed E-state index contributed by atoms with van der Waals surface area (Å²) in [5.74, 6) is -2.85. The summed E-state index contributed by atoms with van der Waals surface area (Å²) in [6, 6.07) is 0. The van der Waals surface area contributed by atoms with E-state index >= 15 is 0 Å². The van der Waals surface area contributed by atoms with Crippen LogP contribution < -0.4 is 0 Å². The van der Waals surface area contributed by atoms with Gasteiger partial charge in [-0.3, -0.25) is 10.1 Å². The Hall–Kier alpha value is -1.60. The first-order valence-corrected chi connectivity index (χ1v) is 3.91. The first-order chi connectivity index (χ1) is 6.90. The van der Waals surface area contributed by atoms with E-state index in [-0.39, 0.29) is 30.5 Å². The number of nitrogens with zero attached hydrogens (tertiary/aromatic N) is 1. The van der Waals surface area contributed by atoms with Crippen LogP contribution in [0.1, 0.15) is 6.42 Å². The third-order valence-corrected chi connectivity index (χ3v) is 2.11. The molecule has 0 spiro atoms.